The molecule has 0 fully saturated rings. The fourth-order valence-corrected chi connectivity index (χ4v) is 1.96. The average molecular weight is 339 g/mol. The second kappa shape index (κ2) is 7.24. The van der Waals surface area contributed by atoms with Crippen LogP contribution in [0.4, 0.5) is 10.2 Å². The molecule has 1 N–H and O–H groups in total. The van der Waals surface area contributed by atoms with Gasteiger partial charge in [0.2, 0.25) is 0 Å². The number of hydrogen-bond donors (Lipinski definition) is 1. The van der Waals surface area contributed by atoms with Gasteiger partial charge in [0.1, 0.15) is 12.4 Å². The highest BCUT2D eigenvalue weighted by Gasteiger charge is 2.04. The molecule has 0 atom stereocenters. The van der Waals surface area contributed by atoms with Crippen molar-refractivity contribution in [2.75, 3.05) is 11.9 Å². The molecule has 0 spiro atoms. The zero-order valence-electron chi connectivity index (χ0n) is 11.2. The molecule has 1 heterocycles. The number of anilines is 1. The summed E-state index contributed by atoms with van der Waals surface area (Å²) in [5.74, 6) is 0.694. The molecule has 106 valence electrons. The summed E-state index contributed by atoms with van der Waals surface area (Å²) >= 11 is 3.29. The summed E-state index contributed by atoms with van der Waals surface area (Å²) < 4.78 is 19.7. The summed E-state index contributed by atoms with van der Waals surface area (Å²) in [4.78, 5) is 4.27. The van der Waals surface area contributed by atoms with Gasteiger partial charge in [0.15, 0.2) is 11.6 Å². The highest BCUT2D eigenvalue weighted by Crippen LogP contribution is 2.23. The Bertz CT molecular complexity index is 560. The largest absolute Gasteiger partial charge is 0.486 e. The van der Waals surface area contributed by atoms with Gasteiger partial charge in [-0.15, -0.1) is 0 Å². The number of benzene rings is 1. The van der Waals surface area contributed by atoms with Gasteiger partial charge in [-0.25, -0.2) is 9.37 Å². The van der Waals surface area contributed by atoms with E-state index >= 15 is 0 Å². The maximum absolute atomic E-state index is 13.5. The Morgan fingerprint density at radius 3 is 2.85 bits per heavy atom. The highest BCUT2D eigenvalue weighted by molar-refractivity contribution is 9.10. The van der Waals surface area contributed by atoms with Crippen LogP contribution >= 0.6 is 15.9 Å². The van der Waals surface area contributed by atoms with Gasteiger partial charge in [0.25, 0.3) is 0 Å². The molecule has 0 aliphatic rings. The van der Waals surface area contributed by atoms with Crippen molar-refractivity contribution in [2.45, 2.75) is 20.0 Å². The van der Waals surface area contributed by atoms with Crippen LogP contribution in [0.2, 0.25) is 0 Å². The zero-order valence-corrected chi connectivity index (χ0v) is 12.8. The van der Waals surface area contributed by atoms with Gasteiger partial charge in [0.05, 0.1) is 0 Å². The SMILES string of the molecule is CCCNc1ccc(COc2cc(Br)ccc2F)cn1. The number of pyridine rings is 1. The zero-order chi connectivity index (χ0) is 14.4. The minimum Gasteiger partial charge on any atom is -0.486 e. The molecule has 0 saturated heterocycles. The lowest BCUT2D eigenvalue weighted by Gasteiger charge is -2.08. The molecular formula is C15H16BrFN2O. The quantitative estimate of drug-likeness (QED) is 0.848. The van der Waals surface area contributed by atoms with Crippen molar-refractivity contribution in [3.8, 4) is 5.75 Å². The van der Waals surface area contributed by atoms with Gasteiger partial charge in [-0.1, -0.05) is 28.9 Å². The van der Waals surface area contributed by atoms with Gasteiger partial charge in [0, 0.05) is 22.8 Å². The Morgan fingerprint density at radius 2 is 2.15 bits per heavy atom. The van der Waals surface area contributed by atoms with Crippen molar-refractivity contribution < 1.29 is 9.13 Å². The summed E-state index contributed by atoms with van der Waals surface area (Å²) in [6.45, 7) is 3.28. The molecule has 20 heavy (non-hydrogen) atoms. The van der Waals surface area contributed by atoms with Gasteiger partial charge < -0.3 is 10.1 Å². The van der Waals surface area contributed by atoms with E-state index in [9.17, 15) is 4.39 Å². The maximum Gasteiger partial charge on any atom is 0.165 e. The van der Waals surface area contributed by atoms with E-state index < -0.39 is 0 Å². The van der Waals surface area contributed by atoms with Crippen molar-refractivity contribution in [1.29, 1.82) is 0 Å². The Kier molecular flexibility index (Phi) is 5.35. The Morgan fingerprint density at radius 1 is 1.30 bits per heavy atom. The topological polar surface area (TPSA) is 34.1 Å². The molecule has 1 aromatic carbocycles. The number of halogens is 2. The molecule has 0 bridgehead atoms. The first-order chi connectivity index (χ1) is 9.69. The first-order valence-electron chi connectivity index (χ1n) is 6.45. The molecule has 2 aromatic rings. The standard InChI is InChI=1S/C15H16BrFN2O/c1-2-7-18-15-6-3-11(9-19-15)10-20-14-8-12(16)4-5-13(14)17/h3-6,8-9H,2,7,10H2,1H3,(H,18,19). The summed E-state index contributed by atoms with van der Waals surface area (Å²) in [5.41, 5.74) is 0.895. The van der Waals surface area contributed by atoms with Crippen LogP contribution in [0.15, 0.2) is 41.0 Å². The first-order valence-corrected chi connectivity index (χ1v) is 7.25. The lowest BCUT2D eigenvalue weighted by molar-refractivity contribution is 0.289. The monoisotopic (exact) mass is 338 g/mol. The lowest BCUT2D eigenvalue weighted by Crippen LogP contribution is -2.03. The minimum atomic E-state index is -0.373. The van der Waals surface area contributed by atoms with Crippen LogP contribution in [-0.2, 0) is 6.61 Å². The predicted octanol–water partition coefficient (Wildman–Crippen LogP) is 4.38. The molecule has 5 heteroatoms. The van der Waals surface area contributed by atoms with E-state index in [-0.39, 0.29) is 18.2 Å². The summed E-state index contributed by atoms with van der Waals surface area (Å²) in [6, 6.07) is 8.43. The van der Waals surface area contributed by atoms with Crippen LogP contribution in [0.3, 0.4) is 0 Å². The number of ether oxygens (including phenoxy) is 1. The first kappa shape index (κ1) is 14.8. The van der Waals surface area contributed by atoms with E-state index in [2.05, 4.69) is 33.2 Å². The molecule has 1 aromatic heterocycles. The smallest absolute Gasteiger partial charge is 0.165 e. The van der Waals surface area contributed by atoms with Crippen molar-refractivity contribution in [1.82, 2.24) is 4.98 Å². The molecule has 0 radical (unpaired) electrons. The lowest BCUT2D eigenvalue weighted by atomic mass is 10.3. The molecule has 2 rings (SSSR count). The minimum absolute atomic E-state index is 0.229. The van der Waals surface area contributed by atoms with Crippen LogP contribution in [0, 0.1) is 5.82 Å². The van der Waals surface area contributed by atoms with E-state index in [1.54, 1.807) is 18.3 Å². The van der Waals surface area contributed by atoms with E-state index in [4.69, 9.17) is 4.74 Å². The number of nitrogens with one attached hydrogen (secondary N) is 1. The van der Waals surface area contributed by atoms with Crippen LogP contribution < -0.4 is 10.1 Å². The second-order valence-electron chi connectivity index (χ2n) is 4.34. The fourth-order valence-electron chi connectivity index (χ4n) is 1.62. The van der Waals surface area contributed by atoms with Gasteiger partial charge >= 0.3 is 0 Å². The highest BCUT2D eigenvalue weighted by atomic mass is 79.9. The summed E-state index contributed by atoms with van der Waals surface area (Å²) in [5, 5.41) is 3.19. The van der Waals surface area contributed by atoms with E-state index in [0.717, 1.165) is 28.8 Å². The van der Waals surface area contributed by atoms with Crippen LogP contribution in [-0.4, -0.2) is 11.5 Å². The van der Waals surface area contributed by atoms with Crippen molar-refractivity contribution in [3.63, 3.8) is 0 Å². The van der Waals surface area contributed by atoms with Crippen molar-refractivity contribution in [2.24, 2.45) is 0 Å². The predicted molar refractivity (Wildman–Crippen MR) is 81.4 cm³/mol. The molecule has 0 amide bonds. The Balaban J connectivity index is 1.95. The number of aromatic nitrogens is 1. The van der Waals surface area contributed by atoms with Crippen LogP contribution in [0.1, 0.15) is 18.9 Å². The number of nitrogens with zero attached hydrogens (tertiary/aromatic N) is 1. The summed E-state index contributed by atoms with van der Waals surface area (Å²) in [6.07, 6.45) is 2.78. The molecule has 0 aliphatic heterocycles. The van der Waals surface area contributed by atoms with Gasteiger partial charge in [-0.05, 0) is 30.7 Å². The van der Waals surface area contributed by atoms with E-state index in [0.29, 0.717) is 0 Å². The summed E-state index contributed by atoms with van der Waals surface area (Å²) in [7, 11) is 0. The maximum atomic E-state index is 13.5. The molecule has 0 aliphatic carbocycles. The van der Waals surface area contributed by atoms with Crippen LogP contribution in [0.25, 0.3) is 0 Å². The molecular weight excluding hydrogens is 323 g/mol. The van der Waals surface area contributed by atoms with Crippen LogP contribution in [0.5, 0.6) is 5.75 Å². The Hall–Kier alpha value is -1.62. The van der Waals surface area contributed by atoms with Gasteiger partial charge in [-0.2, -0.15) is 0 Å². The molecule has 0 unspecified atom stereocenters. The Labute approximate surface area is 126 Å². The average Bonchev–Trinajstić information content (AvgIpc) is 2.47. The van der Waals surface area contributed by atoms with Crippen molar-refractivity contribution >= 4 is 21.7 Å². The second-order valence-corrected chi connectivity index (χ2v) is 5.26. The third-order valence-corrected chi connectivity index (χ3v) is 3.16. The fraction of sp³-hybridized carbons (Fsp3) is 0.267. The third kappa shape index (κ3) is 4.20. The van der Waals surface area contributed by atoms with Gasteiger partial charge in [-0.3, -0.25) is 0 Å². The van der Waals surface area contributed by atoms with E-state index in [1.807, 2.05) is 12.1 Å². The number of rotatable bonds is 6. The normalized spacial score (nSPS) is 10.3. The number of hydrogen-bond acceptors (Lipinski definition) is 3. The van der Waals surface area contributed by atoms with E-state index in [1.165, 1.54) is 6.07 Å². The molecule has 3 nitrogen and oxygen atoms in total. The third-order valence-electron chi connectivity index (χ3n) is 2.67. The van der Waals surface area contributed by atoms with Crippen molar-refractivity contribution in [3.05, 3.63) is 52.4 Å². The molecule has 0 saturated carbocycles.